The lowest BCUT2D eigenvalue weighted by Crippen LogP contribution is -2.25. The standard InChI is InChI=1S/C13H14N2O3/c1-15(9-10-6-4-3-5-7-10)13(16)11-8-12(17-2)14-18-11/h3-8H,9H2,1-2H3. The van der Waals surface area contributed by atoms with Crippen molar-refractivity contribution in [1.29, 1.82) is 0 Å². The normalized spacial score (nSPS) is 10.1. The zero-order valence-corrected chi connectivity index (χ0v) is 10.3. The maximum absolute atomic E-state index is 12.0. The van der Waals surface area contributed by atoms with Crippen LogP contribution in [-0.4, -0.2) is 30.1 Å². The number of hydrogen-bond donors (Lipinski definition) is 0. The Kier molecular flexibility index (Phi) is 3.62. The maximum Gasteiger partial charge on any atom is 0.292 e. The summed E-state index contributed by atoms with van der Waals surface area (Å²) >= 11 is 0. The predicted octanol–water partition coefficient (Wildman–Crippen LogP) is 1.96. The molecule has 0 N–H and O–H groups in total. The number of carbonyl (C=O) groups excluding carboxylic acids is 1. The lowest BCUT2D eigenvalue weighted by molar-refractivity contribution is 0.0743. The van der Waals surface area contributed by atoms with E-state index in [1.807, 2.05) is 30.3 Å². The van der Waals surface area contributed by atoms with Crippen molar-refractivity contribution in [3.05, 3.63) is 47.7 Å². The van der Waals surface area contributed by atoms with Crippen LogP contribution < -0.4 is 4.74 Å². The van der Waals surface area contributed by atoms with Gasteiger partial charge < -0.3 is 14.2 Å². The van der Waals surface area contributed by atoms with E-state index in [4.69, 9.17) is 9.26 Å². The zero-order valence-electron chi connectivity index (χ0n) is 10.3. The molecule has 0 saturated heterocycles. The summed E-state index contributed by atoms with van der Waals surface area (Å²) in [7, 11) is 3.18. The minimum atomic E-state index is -0.227. The fourth-order valence-corrected chi connectivity index (χ4v) is 1.57. The molecule has 5 nitrogen and oxygen atoms in total. The topological polar surface area (TPSA) is 55.6 Å². The van der Waals surface area contributed by atoms with Crippen LogP contribution >= 0.6 is 0 Å². The van der Waals surface area contributed by atoms with E-state index >= 15 is 0 Å². The summed E-state index contributed by atoms with van der Waals surface area (Å²) in [5, 5.41) is 3.60. The molecule has 1 heterocycles. The Labute approximate surface area is 105 Å². The quantitative estimate of drug-likeness (QED) is 0.827. The van der Waals surface area contributed by atoms with Crippen molar-refractivity contribution >= 4 is 5.91 Å². The molecular weight excluding hydrogens is 232 g/mol. The van der Waals surface area contributed by atoms with Gasteiger partial charge in [-0.1, -0.05) is 30.3 Å². The van der Waals surface area contributed by atoms with Crippen LogP contribution in [0.2, 0.25) is 0 Å². The van der Waals surface area contributed by atoms with E-state index in [-0.39, 0.29) is 11.7 Å². The van der Waals surface area contributed by atoms with Crippen molar-refractivity contribution in [3.63, 3.8) is 0 Å². The van der Waals surface area contributed by atoms with E-state index in [1.54, 1.807) is 11.9 Å². The van der Waals surface area contributed by atoms with Crippen molar-refractivity contribution in [2.24, 2.45) is 0 Å². The smallest absolute Gasteiger partial charge is 0.292 e. The summed E-state index contributed by atoms with van der Waals surface area (Å²) in [6.45, 7) is 0.517. The number of aromatic nitrogens is 1. The molecule has 5 heteroatoms. The number of carbonyl (C=O) groups is 1. The number of ether oxygens (including phenoxy) is 1. The summed E-state index contributed by atoms with van der Waals surface area (Å²) < 4.78 is 9.78. The summed E-state index contributed by atoms with van der Waals surface area (Å²) in [6.07, 6.45) is 0. The molecule has 18 heavy (non-hydrogen) atoms. The Morgan fingerprint density at radius 2 is 2.11 bits per heavy atom. The Balaban J connectivity index is 2.05. The van der Waals surface area contributed by atoms with Gasteiger partial charge >= 0.3 is 0 Å². The molecule has 1 aromatic carbocycles. The first-order valence-corrected chi connectivity index (χ1v) is 5.51. The van der Waals surface area contributed by atoms with Gasteiger partial charge in [-0.3, -0.25) is 4.79 Å². The first kappa shape index (κ1) is 12.2. The molecule has 0 bridgehead atoms. The first-order chi connectivity index (χ1) is 8.70. The zero-order chi connectivity index (χ0) is 13.0. The average Bonchev–Trinajstić information content (AvgIpc) is 2.87. The Morgan fingerprint density at radius 1 is 1.39 bits per heavy atom. The molecule has 0 fully saturated rings. The van der Waals surface area contributed by atoms with Gasteiger partial charge in [0.1, 0.15) is 0 Å². The van der Waals surface area contributed by atoms with Crippen LogP contribution in [0.4, 0.5) is 0 Å². The van der Waals surface area contributed by atoms with Crippen molar-refractivity contribution in [2.45, 2.75) is 6.54 Å². The molecule has 0 spiro atoms. The lowest BCUT2D eigenvalue weighted by atomic mass is 10.2. The maximum atomic E-state index is 12.0. The van der Waals surface area contributed by atoms with E-state index in [0.29, 0.717) is 12.4 Å². The van der Waals surface area contributed by atoms with Crippen LogP contribution in [0.1, 0.15) is 16.1 Å². The summed E-state index contributed by atoms with van der Waals surface area (Å²) in [5.74, 6) is 0.242. The van der Waals surface area contributed by atoms with Crippen LogP contribution in [0.5, 0.6) is 5.88 Å². The van der Waals surface area contributed by atoms with Crippen molar-refractivity contribution in [1.82, 2.24) is 10.1 Å². The highest BCUT2D eigenvalue weighted by Gasteiger charge is 2.17. The van der Waals surface area contributed by atoms with Gasteiger partial charge in [-0.05, 0) is 10.7 Å². The van der Waals surface area contributed by atoms with Gasteiger partial charge in [0.2, 0.25) is 5.76 Å². The van der Waals surface area contributed by atoms with Crippen molar-refractivity contribution < 1.29 is 14.1 Å². The predicted molar refractivity (Wildman–Crippen MR) is 65.3 cm³/mol. The van der Waals surface area contributed by atoms with Gasteiger partial charge in [-0.2, -0.15) is 0 Å². The van der Waals surface area contributed by atoms with Gasteiger partial charge in [0.15, 0.2) is 0 Å². The summed E-state index contributed by atoms with van der Waals surface area (Å²) in [6, 6.07) is 11.2. The summed E-state index contributed by atoms with van der Waals surface area (Å²) in [4.78, 5) is 13.6. The third kappa shape index (κ3) is 2.68. The average molecular weight is 246 g/mol. The molecule has 1 amide bonds. The second-order valence-electron chi connectivity index (χ2n) is 3.88. The highest BCUT2D eigenvalue weighted by molar-refractivity contribution is 5.91. The van der Waals surface area contributed by atoms with Crippen LogP contribution in [0.15, 0.2) is 40.9 Å². The molecular formula is C13H14N2O3. The van der Waals surface area contributed by atoms with Gasteiger partial charge in [-0.15, -0.1) is 0 Å². The van der Waals surface area contributed by atoms with Crippen LogP contribution in [0, 0.1) is 0 Å². The van der Waals surface area contributed by atoms with Crippen LogP contribution in [0.3, 0.4) is 0 Å². The minimum Gasteiger partial charge on any atom is -0.479 e. The Morgan fingerprint density at radius 3 is 2.72 bits per heavy atom. The highest BCUT2D eigenvalue weighted by atomic mass is 16.5. The summed E-state index contributed by atoms with van der Waals surface area (Å²) in [5.41, 5.74) is 1.06. The number of nitrogens with zero attached hydrogens (tertiary/aromatic N) is 2. The monoisotopic (exact) mass is 246 g/mol. The van der Waals surface area contributed by atoms with Crippen LogP contribution in [-0.2, 0) is 6.54 Å². The molecule has 94 valence electrons. The molecule has 2 rings (SSSR count). The number of amides is 1. The van der Waals surface area contributed by atoms with E-state index in [2.05, 4.69) is 5.16 Å². The third-order valence-corrected chi connectivity index (χ3v) is 2.52. The molecule has 2 aromatic rings. The SMILES string of the molecule is COc1cc(C(=O)N(C)Cc2ccccc2)on1. The van der Waals surface area contributed by atoms with Gasteiger partial charge in [0.25, 0.3) is 11.8 Å². The molecule has 1 aromatic heterocycles. The number of rotatable bonds is 4. The fraction of sp³-hybridized carbons (Fsp3) is 0.231. The molecule has 0 aliphatic carbocycles. The van der Waals surface area contributed by atoms with Crippen molar-refractivity contribution in [3.8, 4) is 5.88 Å². The largest absolute Gasteiger partial charge is 0.479 e. The van der Waals surface area contributed by atoms with Crippen molar-refractivity contribution in [2.75, 3.05) is 14.2 Å². The van der Waals surface area contributed by atoms with Gasteiger partial charge in [0, 0.05) is 13.6 Å². The Bertz CT molecular complexity index is 522. The van der Waals surface area contributed by atoms with Crippen LogP contribution in [0.25, 0.3) is 0 Å². The molecule has 0 radical (unpaired) electrons. The van der Waals surface area contributed by atoms with E-state index in [9.17, 15) is 4.79 Å². The molecule has 0 aliphatic heterocycles. The van der Waals surface area contributed by atoms with E-state index in [0.717, 1.165) is 5.56 Å². The van der Waals surface area contributed by atoms with E-state index in [1.165, 1.54) is 13.2 Å². The van der Waals surface area contributed by atoms with Gasteiger partial charge in [0.05, 0.1) is 13.2 Å². The molecule has 0 unspecified atom stereocenters. The lowest BCUT2D eigenvalue weighted by Gasteiger charge is -2.15. The molecule has 0 saturated carbocycles. The molecule has 0 atom stereocenters. The second kappa shape index (κ2) is 5.35. The fourth-order valence-electron chi connectivity index (χ4n) is 1.57. The number of hydrogen-bond acceptors (Lipinski definition) is 4. The number of methoxy groups -OCH3 is 1. The van der Waals surface area contributed by atoms with E-state index < -0.39 is 0 Å². The highest BCUT2D eigenvalue weighted by Crippen LogP contribution is 2.13. The third-order valence-electron chi connectivity index (χ3n) is 2.52. The second-order valence-corrected chi connectivity index (χ2v) is 3.88. The Hall–Kier alpha value is -2.30. The van der Waals surface area contributed by atoms with Gasteiger partial charge in [-0.25, -0.2) is 0 Å². The molecule has 0 aliphatic rings. The minimum absolute atomic E-state index is 0.172. The number of benzene rings is 1. The first-order valence-electron chi connectivity index (χ1n) is 5.51.